The highest BCUT2D eigenvalue weighted by molar-refractivity contribution is 5.77. The molecule has 122 valence electrons. The maximum absolute atomic E-state index is 12.0. The predicted octanol–water partition coefficient (Wildman–Crippen LogP) is 3.22. The zero-order chi connectivity index (χ0) is 16.7. The molecule has 0 aromatic heterocycles. The molecule has 0 N–H and O–H groups in total. The molecule has 2 aromatic carbocycles. The summed E-state index contributed by atoms with van der Waals surface area (Å²) in [6.07, 6.45) is 0. The van der Waals surface area contributed by atoms with Gasteiger partial charge in [0.15, 0.2) is 6.61 Å². The monoisotopic (exact) mass is 313 g/mol. The number of hydrogen-bond donors (Lipinski definition) is 0. The molecule has 0 fully saturated rings. The minimum Gasteiger partial charge on any atom is -0.492 e. The van der Waals surface area contributed by atoms with E-state index in [4.69, 9.17) is 9.47 Å². The molecule has 4 nitrogen and oxygen atoms in total. The van der Waals surface area contributed by atoms with Crippen LogP contribution in [0, 0.1) is 13.8 Å². The zero-order valence-electron chi connectivity index (χ0n) is 13.9. The van der Waals surface area contributed by atoms with E-state index in [1.807, 2.05) is 62.4 Å². The molecule has 4 heteroatoms. The second kappa shape index (κ2) is 8.22. The molecule has 0 unspecified atom stereocenters. The molecule has 0 saturated heterocycles. The van der Waals surface area contributed by atoms with Gasteiger partial charge in [-0.1, -0.05) is 29.8 Å². The van der Waals surface area contributed by atoms with E-state index in [0.29, 0.717) is 18.9 Å². The fraction of sp³-hybridized carbons (Fsp3) is 0.316. The first-order valence-corrected chi connectivity index (χ1v) is 7.67. The minimum atomic E-state index is -0.0704. The van der Waals surface area contributed by atoms with Gasteiger partial charge in [0.2, 0.25) is 0 Å². The maximum atomic E-state index is 12.0. The van der Waals surface area contributed by atoms with Crippen LogP contribution in [-0.2, 0) is 4.79 Å². The van der Waals surface area contributed by atoms with Gasteiger partial charge in [0.05, 0.1) is 6.54 Å². The van der Waals surface area contributed by atoms with Crippen LogP contribution < -0.4 is 9.47 Å². The van der Waals surface area contributed by atoms with Crippen LogP contribution in [0.1, 0.15) is 11.1 Å². The van der Waals surface area contributed by atoms with Crippen LogP contribution in [0.5, 0.6) is 11.5 Å². The Morgan fingerprint density at radius 2 is 1.70 bits per heavy atom. The van der Waals surface area contributed by atoms with Gasteiger partial charge >= 0.3 is 0 Å². The Labute approximate surface area is 137 Å². The van der Waals surface area contributed by atoms with Gasteiger partial charge in [-0.3, -0.25) is 4.79 Å². The summed E-state index contributed by atoms with van der Waals surface area (Å²) in [5, 5.41) is 0. The summed E-state index contributed by atoms with van der Waals surface area (Å²) in [5.74, 6) is 1.45. The summed E-state index contributed by atoms with van der Waals surface area (Å²) < 4.78 is 11.1. The number of carbonyl (C=O) groups excluding carboxylic acids is 1. The molecule has 0 heterocycles. The Balaban J connectivity index is 1.71. The van der Waals surface area contributed by atoms with E-state index >= 15 is 0 Å². The second-order valence-electron chi connectivity index (χ2n) is 5.58. The van der Waals surface area contributed by atoms with Crippen molar-refractivity contribution < 1.29 is 14.3 Å². The number of benzene rings is 2. The number of rotatable bonds is 7. The molecule has 2 aromatic rings. The highest BCUT2D eigenvalue weighted by Crippen LogP contribution is 2.13. The molecule has 0 spiro atoms. The van der Waals surface area contributed by atoms with E-state index in [0.717, 1.165) is 11.3 Å². The predicted molar refractivity (Wildman–Crippen MR) is 91.0 cm³/mol. The number of hydrogen-bond acceptors (Lipinski definition) is 3. The molecule has 0 saturated carbocycles. The summed E-state index contributed by atoms with van der Waals surface area (Å²) >= 11 is 0. The van der Waals surface area contributed by atoms with E-state index in [9.17, 15) is 4.79 Å². The van der Waals surface area contributed by atoms with Crippen LogP contribution in [0.4, 0.5) is 0 Å². The molecule has 0 aliphatic rings. The number of nitrogens with zero attached hydrogens (tertiary/aromatic N) is 1. The lowest BCUT2D eigenvalue weighted by Crippen LogP contribution is -2.34. The molecule has 0 aliphatic heterocycles. The van der Waals surface area contributed by atoms with Crippen LogP contribution in [0.2, 0.25) is 0 Å². The summed E-state index contributed by atoms with van der Waals surface area (Å²) in [5.41, 5.74) is 2.30. The molecule has 0 radical (unpaired) electrons. The lowest BCUT2D eigenvalue weighted by Gasteiger charge is -2.18. The molecule has 0 bridgehead atoms. The molecule has 23 heavy (non-hydrogen) atoms. The molecular formula is C19H23NO3. The number of amides is 1. The van der Waals surface area contributed by atoms with E-state index in [1.54, 1.807) is 11.9 Å². The van der Waals surface area contributed by atoms with Crippen molar-refractivity contribution in [1.82, 2.24) is 4.90 Å². The Morgan fingerprint density at radius 3 is 2.39 bits per heavy atom. The van der Waals surface area contributed by atoms with Gasteiger partial charge in [-0.05, 0) is 43.7 Å². The van der Waals surface area contributed by atoms with Crippen molar-refractivity contribution in [2.24, 2.45) is 0 Å². The van der Waals surface area contributed by atoms with Crippen molar-refractivity contribution >= 4 is 5.91 Å². The third-order valence-corrected chi connectivity index (χ3v) is 3.49. The Kier molecular flexibility index (Phi) is 6.03. The fourth-order valence-electron chi connectivity index (χ4n) is 2.02. The van der Waals surface area contributed by atoms with E-state index < -0.39 is 0 Å². The SMILES string of the molecule is Cc1ccc(OCCN(C)C(=O)COc2cccc(C)c2)cc1. The summed E-state index contributed by atoms with van der Waals surface area (Å²) in [6.45, 7) is 5.03. The van der Waals surface area contributed by atoms with E-state index in [1.165, 1.54) is 5.56 Å². The van der Waals surface area contributed by atoms with Gasteiger partial charge in [0.1, 0.15) is 18.1 Å². The van der Waals surface area contributed by atoms with Gasteiger partial charge in [-0.25, -0.2) is 0 Å². The first kappa shape index (κ1) is 16.9. The van der Waals surface area contributed by atoms with Crippen molar-refractivity contribution in [2.75, 3.05) is 26.8 Å². The molecule has 2 rings (SSSR count). The topological polar surface area (TPSA) is 38.8 Å². The zero-order valence-corrected chi connectivity index (χ0v) is 13.9. The lowest BCUT2D eigenvalue weighted by molar-refractivity contribution is -0.132. The summed E-state index contributed by atoms with van der Waals surface area (Å²) in [7, 11) is 1.75. The Hall–Kier alpha value is -2.49. The third-order valence-electron chi connectivity index (χ3n) is 3.49. The number of aryl methyl sites for hydroxylation is 2. The van der Waals surface area contributed by atoms with Gasteiger partial charge in [0, 0.05) is 7.05 Å². The van der Waals surface area contributed by atoms with Crippen LogP contribution in [0.15, 0.2) is 48.5 Å². The number of likely N-dealkylation sites (N-methyl/N-ethyl adjacent to an activating group) is 1. The van der Waals surface area contributed by atoms with Crippen LogP contribution in [-0.4, -0.2) is 37.6 Å². The van der Waals surface area contributed by atoms with Crippen molar-refractivity contribution in [3.05, 3.63) is 59.7 Å². The summed E-state index contributed by atoms with van der Waals surface area (Å²) in [4.78, 5) is 13.6. The largest absolute Gasteiger partial charge is 0.492 e. The van der Waals surface area contributed by atoms with E-state index in [2.05, 4.69) is 0 Å². The minimum absolute atomic E-state index is 0.0322. The van der Waals surface area contributed by atoms with Crippen LogP contribution in [0.25, 0.3) is 0 Å². The van der Waals surface area contributed by atoms with Crippen molar-refractivity contribution in [2.45, 2.75) is 13.8 Å². The van der Waals surface area contributed by atoms with Crippen molar-refractivity contribution in [3.8, 4) is 11.5 Å². The smallest absolute Gasteiger partial charge is 0.260 e. The molecule has 1 amide bonds. The Morgan fingerprint density at radius 1 is 0.957 bits per heavy atom. The standard InChI is InChI=1S/C19H23NO3/c1-15-7-9-17(10-8-15)22-12-11-20(3)19(21)14-23-18-6-4-5-16(2)13-18/h4-10,13H,11-12,14H2,1-3H3. The maximum Gasteiger partial charge on any atom is 0.260 e. The lowest BCUT2D eigenvalue weighted by atomic mass is 10.2. The molecule has 0 aliphatic carbocycles. The highest BCUT2D eigenvalue weighted by Gasteiger charge is 2.09. The number of carbonyl (C=O) groups is 1. The quantitative estimate of drug-likeness (QED) is 0.788. The van der Waals surface area contributed by atoms with Gasteiger partial charge in [-0.15, -0.1) is 0 Å². The first-order valence-electron chi connectivity index (χ1n) is 7.67. The number of ether oxygens (including phenoxy) is 2. The van der Waals surface area contributed by atoms with Gasteiger partial charge < -0.3 is 14.4 Å². The van der Waals surface area contributed by atoms with Gasteiger partial charge in [-0.2, -0.15) is 0 Å². The second-order valence-corrected chi connectivity index (χ2v) is 5.58. The first-order chi connectivity index (χ1) is 11.0. The van der Waals surface area contributed by atoms with Crippen LogP contribution in [0.3, 0.4) is 0 Å². The normalized spacial score (nSPS) is 10.2. The van der Waals surface area contributed by atoms with E-state index in [-0.39, 0.29) is 12.5 Å². The van der Waals surface area contributed by atoms with Crippen molar-refractivity contribution in [1.29, 1.82) is 0 Å². The average Bonchev–Trinajstić information content (AvgIpc) is 2.54. The highest BCUT2D eigenvalue weighted by atomic mass is 16.5. The third kappa shape index (κ3) is 5.66. The van der Waals surface area contributed by atoms with Gasteiger partial charge in [0.25, 0.3) is 5.91 Å². The average molecular weight is 313 g/mol. The van der Waals surface area contributed by atoms with Crippen molar-refractivity contribution in [3.63, 3.8) is 0 Å². The fourth-order valence-corrected chi connectivity index (χ4v) is 2.02. The molecule has 0 atom stereocenters. The Bertz CT molecular complexity index is 637. The van der Waals surface area contributed by atoms with Crippen LogP contribution >= 0.6 is 0 Å². The molecular weight excluding hydrogens is 290 g/mol. The summed E-state index contributed by atoms with van der Waals surface area (Å²) in [6, 6.07) is 15.5.